The normalized spacial score (nSPS) is 20.0. The van der Waals surface area contributed by atoms with E-state index in [-0.39, 0.29) is 24.3 Å². The van der Waals surface area contributed by atoms with Crippen molar-refractivity contribution >= 4 is 27.1 Å². The SMILES string of the molecule is CC(C)Oc1ccc(C(=O)N2CCC(c3cccs3)S(=O)(=O)CC2)cc1. The van der Waals surface area contributed by atoms with Crippen LogP contribution in [-0.4, -0.2) is 44.2 Å². The Hall–Kier alpha value is -1.86. The molecule has 1 aliphatic rings. The summed E-state index contributed by atoms with van der Waals surface area (Å²) in [6.45, 7) is 4.56. The zero-order valence-electron chi connectivity index (χ0n) is 14.9. The maximum Gasteiger partial charge on any atom is 0.253 e. The van der Waals surface area contributed by atoms with Crippen LogP contribution in [0.15, 0.2) is 41.8 Å². The van der Waals surface area contributed by atoms with Gasteiger partial charge >= 0.3 is 0 Å². The summed E-state index contributed by atoms with van der Waals surface area (Å²) >= 11 is 1.46. The number of hydrogen-bond donors (Lipinski definition) is 0. The van der Waals surface area contributed by atoms with Gasteiger partial charge in [-0.2, -0.15) is 0 Å². The number of sulfone groups is 1. The second-order valence-corrected chi connectivity index (χ2v) is 9.93. The van der Waals surface area contributed by atoms with Gasteiger partial charge in [0.15, 0.2) is 9.84 Å². The van der Waals surface area contributed by atoms with Crippen LogP contribution in [0.5, 0.6) is 5.75 Å². The van der Waals surface area contributed by atoms with Crippen LogP contribution in [0.1, 0.15) is 40.8 Å². The largest absolute Gasteiger partial charge is 0.491 e. The Kier molecular flexibility index (Phi) is 5.67. The number of carbonyl (C=O) groups excluding carboxylic acids is 1. The van der Waals surface area contributed by atoms with Crippen LogP contribution >= 0.6 is 11.3 Å². The van der Waals surface area contributed by atoms with Crippen LogP contribution < -0.4 is 4.74 Å². The Morgan fingerprint density at radius 1 is 1.19 bits per heavy atom. The highest BCUT2D eigenvalue weighted by atomic mass is 32.2. The third-order valence-corrected chi connectivity index (χ3v) is 7.60. The van der Waals surface area contributed by atoms with Crippen LogP contribution in [0, 0.1) is 0 Å². The average Bonchev–Trinajstić information content (AvgIpc) is 3.06. The molecule has 3 rings (SSSR count). The summed E-state index contributed by atoms with van der Waals surface area (Å²) < 4.78 is 30.8. The van der Waals surface area contributed by atoms with E-state index in [4.69, 9.17) is 4.74 Å². The lowest BCUT2D eigenvalue weighted by atomic mass is 10.1. The summed E-state index contributed by atoms with van der Waals surface area (Å²) in [4.78, 5) is 15.3. The third-order valence-electron chi connectivity index (χ3n) is 4.36. The number of ether oxygens (including phenoxy) is 1. The van der Waals surface area contributed by atoms with Crippen LogP contribution in [0.25, 0.3) is 0 Å². The molecular weight excluding hydrogens is 370 g/mol. The van der Waals surface area contributed by atoms with Gasteiger partial charge in [-0.3, -0.25) is 4.79 Å². The van der Waals surface area contributed by atoms with E-state index in [9.17, 15) is 13.2 Å². The molecule has 1 fully saturated rings. The average molecular weight is 394 g/mol. The van der Waals surface area contributed by atoms with Crippen molar-refractivity contribution < 1.29 is 17.9 Å². The van der Waals surface area contributed by atoms with Crippen LogP contribution in [0.2, 0.25) is 0 Å². The molecule has 2 aromatic rings. The molecule has 7 heteroatoms. The van der Waals surface area contributed by atoms with Crippen molar-refractivity contribution in [3.05, 3.63) is 52.2 Å². The highest BCUT2D eigenvalue weighted by Crippen LogP contribution is 2.32. The van der Waals surface area contributed by atoms with Crippen LogP contribution in [0.3, 0.4) is 0 Å². The van der Waals surface area contributed by atoms with Crippen LogP contribution in [-0.2, 0) is 9.84 Å². The molecular formula is C19H23NO4S2. The Morgan fingerprint density at radius 2 is 1.92 bits per heavy atom. The first-order valence-electron chi connectivity index (χ1n) is 8.68. The molecule has 2 heterocycles. The van der Waals surface area contributed by atoms with Gasteiger partial charge in [-0.25, -0.2) is 8.42 Å². The Balaban J connectivity index is 1.73. The maximum absolute atomic E-state index is 12.8. The van der Waals surface area contributed by atoms with E-state index in [1.165, 1.54) is 11.3 Å². The number of rotatable bonds is 4. The molecule has 26 heavy (non-hydrogen) atoms. The summed E-state index contributed by atoms with van der Waals surface area (Å²) in [6.07, 6.45) is 0.505. The minimum Gasteiger partial charge on any atom is -0.491 e. The van der Waals surface area contributed by atoms with Crippen molar-refractivity contribution in [2.75, 3.05) is 18.8 Å². The minimum absolute atomic E-state index is 0.00412. The number of hydrogen-bond acceptors (Lipinski definition) is 5. The fourth-order valence-electron chi connectivity index (χ4n) is 3.07. The first-order chi connectivity index (χ1) is 12.4. The fraction of sp³-hybridized carbons (Fsp3) is 0.421. The zero-order chi connectivity index (χ0) is 18.7. The van der Waals surface area contributed by atoms with Gasteiger partial charge in [0.1, 0.15) is 5.75 Å². The summed E-state index contributed by atoms with van der Waals surface area (Å²) in [5.74, 6) is 0.575. The highest BCUT2D eigenvalue weighted by Gasteiger charge is 2.33. The molecule has 0 radical (unpaired) electrons. The Labute approximate surface area is 158 Å². The molecule has 0 aliphatic carbocycles. The van der Waals surface area contributed by atoms with Crippen molar-refractivity contribution in [1.29, 1.82) is 0 Å². The number of carbonyl (C=O) groups is 1. The molecule has 0 bridgehead atoms. The predicted octanol–water partition coefficient (Wildman–Crippen LogP) is 3.54. The Morgan fingerprint density at radius 3 is 2.54 bits per heavy atom. The van der Waals surface area contributed by atoms with Gasteiger partial charge in [-0.15, -0.1) is 11.3 Å². The van der Waals surface area contributed by atoms with Gasteiger partial charge in [-0.1, -0.05) is 6.07 Å². The lowest BCUT2D eigenvalue weighted by molar-refractivity contribution is 0.0766. The van der Waals surface area contributed by atoms with Crippen LogP contribution in [0.4, 0.5) is 0 Å². The molecule has 5 nitrogen and oxygen atoms in total. The van der Waals surface area contributed by atoms with E-state index < -0.39 is 15.1 Å². The molecule has 140 valence electrons. The molecule has 0 N–H and O–H groups in total. The lowest BCUT2D eigenvalue weighted by Crippen LogP contribution is -2.33. The van der Waals surface area contributed by atoms with E-state index in [2.05, 4.69) is 0 Å². The third kappa shape index (κ3) is 4.27. The fourth-order valence-corrected chi connectivity index (χ4v) is 6.08. The van der Waals surface area contributed by atoms with Crippen molar-refractivity contribution in [3.63, 3.8) is 0 Å². The monoisotopic (exact) mass is 393 g/mol. The van der Waals surface area contributed by atoms with E-state index in [0.717, 1.165) is 4.88 Å². The van der Waals surface area contributed by atoms with Crippen molar-refractivity contribution in [1.82, 2.24) is 4.90 Å². The first-order valence-corrected chi connectivity index (χ1v) is 11.3. The first kappa shape index (κ1) is 18.9. The number of amides is 1. The summed E-state index contributed by atoms with van der Waals surface area (Å²) in [5.41, 5.74) is 0.549. The summed E-state index contributed by atoms with van der Waals surface area (Å²) in [5, 5.41) is 1.38. The number of benzene rings is 1. The van der Waals surface area contributed by atoms with Gasteiger partial charge in [-0.05, 0) is 56.0 Å². The van der Waals surface area contributed by atoms with E-state index >= 15 is 0 Å². The molecule has 1 amide bonds. The number of thiophene rings is 1. The van der Waals surface area contributed by atoms with Gasteiger partial charge < -0.3 is 9.64 Å². The second kappa shape index (κ2) is 7.80. The molecule has 1 saturated heterocycles. The molecule has 1 aromatic carbocycles. The number of nitrogens with zero attached hydrogens (tertiary/aromatic N) is 1. The molecule has 0 spiro atoms. The topological polar surface area (TPSA) is 63.7 Å². The predicted molar refractivity (Wildman–Crippen MR) is 104 cm³/mol. The molecule has 1 unspecified atom stereocenters. The van der Waals surface area contributed by atoms with E-state index in [1.807, 2.05) is 31.4 Å². The van der Waals surface area contributed by atoms with Crippen molar-refractivity contribution in [2.45, 2.75) is 31.6 Å². The summed E-state index contributed by atoms with van der Waals surface area (Å²) in [7, 11) is -3.26. The van der Waals surface area contributed by atoms with Crippen molar-refractivity contribution in [3.8, 4) is 5.75 Å². The molecule has 1 aromatic heterocycles. The van der Waals surface area contributed by atoms with Gasteiger partial charge in [0, 0.05) is 23.5 Å². The lowest BCUT2D eigenvalue weighted by Gasteiger charge is -2.20. The molecule has 1 atom stereocenters. The standard InChI is InChI=1S/C19H23NO4S2/c1-14(2)24-16-7-5-15(6-8-16)19(21)20-10-9-18(17-4-3-12-25-17)26(22,23)13-11-20/h3-8,12,14,18H,9-11,13H2,1-2H3. The van der Waals surface area contributed by atoms with Gasteiger partial charge in [0.25, 0.3) is 5.91 Å². The van der Waals surface area contributed by atoms with E-state index in [0.29, 0.717) is 24.3 Å². The quantitative estimate of drug-likeness (QED) is 0.797. The smallest absolute Gasteiger partial charge is 0.253 e. The second-order valence-electron chi connectivity index (χ2n) is 6.64. The maximum atomic E-state index is 12.8. The highest BCUT2D eigenvalue weighted by molar-refractivity contribution is 7.91. The van der Waals surface area contributed by atoms with Gasteiger partial charge in [0.05, 0.1) is 17.1 Å². The van der Waals surface area contributed by atoms with E-state index in [1.54, 1.807) is 29.2 Å². The summed E-state index contributed by atoms with van der Waals surface area (Å²) in [6, 6.07) is 10.7. The molecule has 0 saturated carbocycles. The van der Waals surface area contributed by atoms with Gasteiger partial charge in [0.2, 0.25) is 0 Å². The Bertz CT molecular complexity index is 842. The van der Waals surface area contributed by atoms with Crippen molar-refractivity contribution in [2.24, 2.45) is 0 Å². The molecule has 1 aliphatic heterocycles. The zero-order valence-corrected chi connectivity index (χ0v) is 16.6. The minimum atomic E-state index is -3.26.